The van der Waals surface area contributed by atoms with Crippen molar-refractivity contribution in [1.82, 2.24) is 0 Å². The molecule has 0 aliphatic rings. The first-order chi connectivity index (χ1) is 12.2. The Morgan fingerprint density at radius 2 is 1.85 bits per heavy atom. The van der Waals surface area contributed by atoms with Crippen LogP contribution in [0.4, 0.5) is 30.2 Å². The molecule has 0 spiro atoms. The predicted molar refractivity (Wildman–Crippen MR) is 95.6 cm³/mol. The molecule has 2 aromatic carbocycles. The standard InChI is InChI=1S/C16H14F3N3O3S/c1-2-25-12-6-3-10(4-7-12)20-15(26)21-14-8-5-11(22(23)24)9-13(14)16(17,18)19/h3-9H,2H2,1H3,(H2,20,21,26). The normalized spacial score (nSPS) is 10.9. The monoisotopic (exact) mass is 385 g/mol. The van der Waals surface area contributed by atoms with Gasteiger partial charge < -0.3 is 15.4 Å². The van der Waals surface area contributed by atoms with Gasteiger partial charge in [-0.25, -0.2) is 0 Å². The molecule has 0 saturated heterocycles. The van der Waals surface area contributed by atoms with Crippen molar-refractivity contribution in [2.45, 2.75) is 13.1 Å². The molecule has 0 atom stereocenters. The number of hydrogen-bond donors (Lipinski definition) is 2. The van der Waals surface area contributed by atoms with E-state index in [1.54, 1.807) is 24.3 Å². The molecule has 0 radical (unpaired) electrons. The highest BCUT2D eigenvalue weighted by Crippen LogP contribution is 2.37. The lowest BCUT2D eigenvalue weighted by Crippen LogP contribution is -2.21. The molecule has 0 bridgehead atoms. The fourth-order valence-electron chi connectivity index (χ4n) is 2.08. The third-order valence-corrected chi connectivity index (χ3v) is 3.39. The Morgan fingerprint density at radius 3 is 2.38 bits per heavy atom. The van der Waals surface area contributed by atoms with Crippen molar-refractivity contribution in [2.75, 3.05) is 17.2 Å². The fraction of sp³-hybridized carbons (Fsp3) is 0.188. The number of nitro benzene ring substituents is 1. The van der Waals surface area contributed by atoms with E-state index >= 15 is 0 Å². The number of thiocarbonyl (C=S) groups is 1. The molecule has 0 aliphatic heterocycles. The van der Waals surface area contributed by atoms with E-state index in [1.165, 1.54) is 0 Å². The topological polar surface area (TPSA) is 76.4 Å². The highest BCUT2D eigenvalue weighted by Gasteiger charge is 2.35. The van der Waals surface area contributed by atoms with Crippen molar-refractivity contribution in [1.29, 1.82) is 0 Å². The lowest BCUT2D eigenvalue weighted by molar-refractivity contribution is -0.385. The van der Waals surface area contributed by atoms with Gasteiger partial charge in [-0.3, -0.25) is 10.1 Å². The third kappa shape index (κ3) is 5.06. The van der Waals surface area contributed by atoms with Gasteiger partial charge in [0.1, 0.15) is 5.75 Å². The number of alkyl halides is 3. The largest absolute Gasteiger partial charge is 0.494 e. The number of nitrogens with one attached hydrogen (secondary N) is 2. The molecule has 0 heterocycles. The van der Waals surface area contributed by atoms with Crippen LogP contribution in [0.2, 0.25) is 0 Å². The smallest absolute Gasteiger partial charge is 0.418 e. The van der Waals surface area contributed by atoms with Crippen molar-refractivity contribution >= 4 is 34.4 Å². The lowest BCUT2D eigenvalue weighted by atomic mass is 10.1. The number of ether oxygens (including phenoxy) is 1. The van der Waals surface area contributed by atoms with Crippen LogP contribution in [0.3, 0.4) is 0 Å². The Morgan fingerprint density at radius 1 is 1.19 bits per heavy atom. The fourth-order valence-corrected chi connectivity index (χ4v) is 2.30. The van der Waals surface area contributed by atoms with Crippen molar-refractivity contribution < 1.29 is 22.8 Å². The first-order valence-corrected chi connectivity index (χ1v) is 7.78. The zero-order valence-corrected chi connectivity index (χ0v) is 14.3. The molecule has 0 amide bonds. The van der Waals surface area contributed by atoms with Crippen LogP contribution in [0, 0.1) is 10.1 Å². The number of nitro groups is 1. The number of halogens is 3. The van der Waals surface area contributed by atoms with Crippen molar-refractivity contribution in [3.63, 3.8) is 0 Å². The van der Waals surface area contributed by atoms with Gasteiger partial charge in [0.25, 0.3) is 5.69 Å². The summed E-state index contributed by atoms with van der Waals surface area (Å²) in [5, 5.41) is 15.8. The van der Waals surface area contributed by atoms with Crippen LogP contribution in [0.15, 0.2) is 42.5 Å². The Hall–Kier alpha value is -2.88. The zero-order chi connectivity index (χ0) is 19.3. The molecule has 2 rings (SSSR count). The van der Waals surface area contributed by atoms with Gasteiger partial charge in [0, 0.05) is 17.8 Å². The average molecular weight is 385 g/mol. The van der Waals surface area contributed by atoms with E-state index in [4.69, 9.17) is 17.0 Å². The summed E-state index contributed by atoms with van der Waals surface area (Å²) in [5.41, 5.74) is -1.68. The second-order valence-corrected chi connectivity index (χ2v) is 5.43. The van der Waals surface area contributed by atoms with Gasteiger partial charge in [0.2, 0.25) is 0 Å². The Balaban J connectivity index is 2.16. The molecule has 138 valence electrons. The van der Waals surface area contributed by atoms with E-state index in [-0.39, 0.29) is 10.8 Å². The van der Waals surface area contributed by atoms with Crippen LogP contribution in [0.5, 0.6) is 5.75 Å². The number of hydrogen-bond acceptors (Lipinski definition) is 4. The van der Waals surface area contributed by atoms with Crippen LogP contribution >= 0.6 is 12.2 Å². The number of benzene rings is 2. The SMILES string of the molecule is CCOc1ccc(NC(=S)Nc2ccc([N+](=O)[O-])cc2C(F)(F)F)cc1. The summed E-state index contributed by atoms with van der Waals surface area (Å²) in [7, 11) is 0. The highest BCUT2D eigenvalue weighted by atomic mass is 32.1. The summed E-state index contributed by atoms with van der Waals surface area (Å²) in [4.78, 5) is 9.80. The van der Waals surface area contributed by atoms with Crippen LogP contribution in [0.25, 0.3) is 0 Å². The van der Waals surface area contributed by atoms with Crippen LogP contribution in [-0.2, 0) is 6.18 Å². The summed E-state index contributed by atoms with van der Waals surface area (Å²) in [6, 6.07) is 9.06. The van der Waals surface area contributed by atoms with E-state index in [0.29, 0.717) is 24.1 Å². The molecule has 0 fully saturated rings. The summed E-state index contributed by atoms with van der Waals surface area (Å²) >= 11 is 5.01. The highest BCUT2D eigenvalue weighted by molar-refractivity contribution is 7.80. The molecule has 0 saturated carbocycles. The average Bonchev–Trinajstić information content (AvgIpc) is 2.56. The van der Waals surface area contributed by atoms with Crippen molar-refractivity contribution in [3.8, 4) is 5.75 Å². The van der Waals surface area contributed by atoms with Gasteiger partial charge in [-0.05, 0) is 49.5 Å². The zero-order valence-electron chi connectivity index (χ0n) is 13.5. The summed E-state index contributed by atoms with van der Waals surface area (Å²) < 4.78 is 44.7. The molecule has 0 unspecified atom stereocenters. The molecular formula is C16H14F3N3O3S. The lowest BCUT2D eigenvalue weighted by Gasteiger charge is -2.16. The molecular weight excluding hydrogens is 371 g/mol. The maximum absolute atomic E-state index is 13.1. The number of anilines is 2. The predicted octanol–water partition coefficient (Wildman–Crippen LogP) is 4.82. The summed E-state index contributed by atoms with van der Waals surface area (Å²) in [6.07, 6.45) is -4.77. The maximum atomic E-state index is 13.1. The first kappa shape index (κ1) is 19.4. The quantitative estimate of drug-likeness (QED) is 0.437. The number of non-ortho nitro benzene ring substituents is 1. The van der Waals surface area contributed by atoms with Crippen molar-refractivity contribution in [2.24, 2.45) is 0 Å². The number of nitrogens with zero attached hydrogens (tertiary/aromatic N) is 1. The van der Waals surface area contributed by atoms with E-state index in [9.17, 15) is 23.3 Å². The maximum Gasteiger partial charge on any atom is 0.418 e. The van der Waals surface area contributed by atoms with Gasteiger partial charge in [0.05, 0.1) is 22.8 Å². The van der Waals surface area contributed by atoms with E-state index < -0.39 is 22.4 Å². The second kappa shape index (κ2) is 8.00. The van der Waals surface area contributed by atoms with E-state index in [1.807, 2.05) is 6.92 Å². The molecule has 6 nitrogen and oxygen atoms in total. The molecule has 10 heteroatoms. The van der Waals surface area contributed by atoms with Gasteiger partial charge in [-0.15, -0.1) is 0 Å². The molecule has 2 aromatic rings. The van der Waals surface area contributed by atoms with Crippen molar-refractivity contribution in [3.05, 3.63) is 58.1 Å². The van der Waals surface area contributed by atoms with Crippen LogP contribution in [0.1, 0.15) is 12.5 Å². The van der Waals surface area contributed by atoms with Gasteiger partial charge in [-0.1, -0.05) is 0 Å². The minimum Gasteiger partial charge on any atom is -0.494 e. The minimum atomic E-state index is -4.77. The van der Waals surface area contributed by atoms with Gasteiger partial charge >= 0.3 is 6.18 Å². The molecule has 26 heavy (non-hydrogen) atoms. The van der Waals surface area contributed by atoms with E-state index in [2.05, 4.69) is 10.6 Å². The third-order valence-electron chi connectivity index (χ3n) is 3.19. The molecule has 2 N–H and O–H groups in total. The second-order valence-electron chi connectivity index (χ2n) is 5.02. The Labute approximate surface area is 152 Å². The van der Waals surface area contributed by atoms with Gasteiger partial charge in [-0.2, -0.15) is 13.2 Å². The molecule has 0 aliphatic carbocycles. The Bertz CT molecular complexity index is 811. The van der Waals surface area contributed by atoms with Gasteiger partial charge in [0.15, 0.2) is 5.11 Å². The Kier molecular flexibility index (Phi) is 5.98. The van der Waals surface area contributed by atoms with Crippen LogP contribution in [-0.4, -0.2) is 16.6 Å². The summed E-state index contributed by atoms with van der Waals surface area (Å²) in [6.45, 7) is 2.35. The van der Waals surface area contributed by atoms with E-state index in [0.717, 1.165) is 12.1 Å². The molecule has 0 aromatic heterocycles. The first-order valence-electron chi connectivity index (χ1n) is 7.37. The minimum absolute atomic E-state index is 0.0893. The summed E-state index contributed by atoms with van der Waals surface area (Å²) in [5.74, 6) is 0.645. The number of rotatable bonds is 5. The van der Waals surface area contributed by atoms with Crippen LogP contribution < -0.4 is 15.4 Å².